The minimum absolute atomic E-state index is 0.291. The third-order valence-corrected chi connectivity index (χ3v) is 4.09. The van der Waals surface area contributed by atoms with Gasteiger partial charge in [0.2, 0.25) is 11.7 Å². The molecule has 25 heavy (non-hydrogen) atoms. The number of hydrogen-bond acceptors (Lipinski definition) is 8. The Labute approximate surface area is 147 Å². The first kappa shape index (κ1) is 17.0. The summed E-state index contributed by atoms with van der Waals surface area (Å²) in [6.07, 6.45) is 2.00. The first-order valence-electron chi connectivity index (χ1n) is 7.70. The van der Waals surface area contributed by atoms with Gasteiger partial charge in [-0.15, -0.1) is 11.3 Å². The highest BCUT2D eigenvalue weighted by molar-refractivity contribution is 7.13. The third-order valence-electron chi connectivity index (χ3n) is 3.22. The van der Waals surface area contributed by atoms with Crippen molar-refractivity contribution in [2.45, 2.75) is 33.2 Å². The second kappa shape index (κ2) is 7.38. The van der Waals surface area contributed by atoms with Gasteiger partial charge >= 0.3 is 6.03 Å². The van der Waals surface area contributed by atoms with E-state index in [1.54, 1.807) is 0 Å². The summed E-state index contributed by atoms with van der Waals surface area (Å²) < 4.78 is 5.30. The van der Waals surface area contributed by atoms with E-state index >= 15 is 0 Å². The number of aromatic amines is 1. The van der Waals surface area contributed by atoms with Crippen molar-refractivity contribution in [1.82, 2.24) is 35.6 Å². The summed E-state index contributed by atoms with van der Waals surface area (Å²) >= 11 is 1.36. The number of anilines is 1. The number of rotatable bonds is 6. The highest BCUT2D eigenvalue weighted by Crippen LogP contribution is 2.22. The number of amides is 2. The Morgan fingerprint density at radius 3 is 2.88 bits per heavy atom. The van der Waals surface area contributed by atoms with Crippen molar-refractivity contribution in [3.8, 4) is 11.6 Å². The Bertz CT molecular complexity index is 826. The van der Waals surface area contributed by atoms with Gasteiger partial charge in [-0.1, -0.05) is 19.0 Å². The molecular weight excluding hydrogens is 344 g/mol. The van der Waals surface area contributed by atoms with Gasteiger partial charge in [-0.2, -0.15) is 10.1 Å². The van der Waals surface area contributed by atoms with E-state index in [1.165, 1.54) is 17.7 Å². The maximum absolute atomic E-state index is 12.2. The highest BCUT2D eigenvalue weighted by Gasteiger charge is 2.24. The smallest absolute Gasteiger partial charge is 0.321 e. The zero-order valence-electron chi connectivity index (χ0n) is 14.0. The summed E-state index contributed by atoms with van der Waals surface area (Å²) in [6, 6.07) is -0.801. The van der Waals surface area contributed by atoms with Crippen LogP contribution in [0.5, 0.6) is 0 Å². The van der Waals surface area contributed by atoms with E-state index in [0.29, 0.717) is 35.0 Å². The van der Waals surface area contributed by atoms with Gasteiger partial charge in [-0.3, -0.25) is 10.4 Å². The van der Waals surface area contributed by atoms with Crippen LogP contribution >= 0.6 is 11.3 Å². The molecule has 10 nitrogen and oxygen atoms in total. The predicted molar refractivity (Wildman–Crippen MR) is 90.9 cm³/mol. The first-order valence-corrected chi connectivity index (χ1v) is 8.58. The van der Waals surface area contributed by atoms with E-state index in [1.807, 2.05) is 26.2 Å². The molecule has 0 aliphatic heterocycles. The lowest BCUT2D eigenvalue weighted by Gasteiger charge is -2.16. The molecule has 3 aromatic heterocycles. The summed E-state index contributed by atoms with van der Waals surface area (Å²) in [5.41, 5.74) is 0.854. The molecule has 0 aliphatic carbocycles. The van der Waals surface area contributed by atoms with Crippen LogP contribution in [0.15, 0.2) is 16.2 Å². The third kappa shape index (κ3) is 4.38. The summed E-state index contributed by atoms with van der Waals surface area (Å²) in [7, 11) is 0. The first-order chi connectivity index (χ1) is 12.0. The van der Waals surface area contributed by atoms with Crippen LogP contribution in [-0.4, -0.2) is 36.3 Å². The van der Waals surface area contributed by atoms with Crippen molar-refractivity contribution in [1.29, 1.82) is 0 Å². The standard InChI is InChI=1S/C14H18N8O2S/c1-7(2)4-9(18-13(23)20-14-17-8(3)5-25-14)12-19-11(22-24-12)10-15-6-16-21-10/h5-7,9H,4H2,1-3H3,(H,15,16,21)(H2,17,18,20,23)/t9-/m1/s1. The second-order valence-electron chi connectivity index (χ2n) is 5.86. The maximum Gasteiger partial charge on any atom is 0.321 e. The molecule has 132 valence electrons. The number of carbonyl (C=O) groups excluding carboxylic acids is 1. The van der Waals surface area contributed by atoms with Crippen molar-refractivity contribution in [2.24, 2.45) is 5.92 Å². The molecule has 3 heterocycles. The Morgan fingerprint density at radius 1 is 1.40 bits per heavy atom. The molecule has 0 bridgehead atoms. The molecule has 0 spiro atoms. The number of nitrogens with one attached hydrogen (secondary N) is 3. The summed E-state index contributed by atoms with van der Waals surface area (Å²) in [4.78, 5) is 24.7. The Kier molecular flexibility index (Phi) is 5.03. The summed E-state index contributed by atoms with van der Waals surface area (Å²) in [5, 5.41) is 18.3. The molecule has 0 fully saturated rings. The zero-order chi connectivity index (χ0) is 17.8. The molecule has 3 rings (SSSR count). The highest BCUT2D eigenvalue weighted by atomic mass is 32.1. The monoisotopic (exact) mass is 362 g/mol. The Morgan fingerprint density at radius 2 is 2.24 bits per heavy atom. The van der Waals surface area contributed by atoms with Gasteiger partial charge in [0.15, 0.2) is 11.0 Å². The van der Waals surface area contributed by atoms with Crippen molar-refractivity contribution in [3.63, 3.8) is 0 Å². The number of aryl methyl sites for hydroxylation is 1. The largest absolute Gasteiger partial charge is 0.337 e. The van der Waals surface area contributed by atoms with Crippen LogP contribution in [0.25, 0.3) is 11.6 Å². The number of nitrogens with zero attached hydrogens (tertiary/aromatic N) is 5. The van der Waals surface area contributed by atoms with Crippen LogP contribution < -0.4 is 10.6 Å². The van der Waals surface area contributed by atoms with Crippen LogP contribution in [0.2, 0.25) is 0 Å². The average Bonchev–Trinajstić information content (AvgIpc) is 3.26. The number of carbonyl (C=O) groups is 1. The van der Waals surface area contributed by atoms with E-state index in [-0.39, 0.29) is 6.03 Å². The van der Waals surface area contributed by atoms with Gasteiger partial charge in [0.25, 0.3) is 0 Å². The predicted octanol–water partition coefficient (Wildman–Crippen LogP) is 2.53. The van der Waals surface area contributed by atoms with E-state index in [0.717, 1.165) is 5.69 Å². The summed E-state index contributed by atoms with van der Waals surface area (Å²) in [5.74, 6) is 1.32. The molecule has 0 saturated carbocycles. The molecule has 2 amide bonds. The van der Waals surface area contributed by atoms with Crippen LogP contribution in [0.1, 0.15) is 37.9 Å². The van der Waals surface area contributed by atoms with Gasteiger partial charge < -0.3 is 9.84 Å². The van der Waals surface area contributed by atoms with Crippen molar-refractivity contribution < 1.29 is 9.32 Å². The summed E-state index contributed by atoms with van der Waals surface area (Å²) in [6.45, 7) is 5.96. The van der Waals surface area contributed by atoms with Gasteiger partial charge in [-0.25, -0.2) is 14.8 Å². The second-order valence-corrected chi connectivity index (χ2v) is 6.72. The average molecular weight is 362 g/mol. The van der Waals surface area contributed by atoms with E-state index in [9.17, 15) is 4.79 Å². The van der Waals surface area contributed by atoms with Gasteiger partial charge in [0.05, 0.1) is 5.69 Å². The van der Waals surface area contributed by atoms with Gasteiger partial charge in [0.1, 0.15) is 12.4 Å². The quantitative estimate of drug-likeness (QED) is 0.613. The molecule has 0 unspecified atom stereocenters. The number of urea groups is 1. The molecule has 0 saturated heterocycles. The van der Waals surface area contributed by atoms with Crippen LogP contribution in [0.4, 0.5) is 9.93 Å². The fourth-order valence-corrected chi connectivity index (χ4v) is 2.87. The van der Waals surface area contributed by atoms with Crippen molar-refractivity contribution >= 4 is 22.5 Å². The molecular formula is C14H18N8O2S. The number of H-pyrrole nitrogens is 1. The van der Waals surface area contributed by atoms with E-state index in [2.05, 4.69) is 40.9 Å². The molecule has 3 N–H and O–H groups in total. The Hall–Kier alpha value is -2.82. The molecule has 0 aliphatic rings. The molecule has 0 aromatic carbocycles. The number of aromatic nitrogens is 6. The SMILES string of the molecule is Cc1csc(NC(=O)N[C@H](CC(C)C)c2nc(-c3ncn[nH]3)no2)n1. The van der Waals surface area contributed by atoms with E-state index in [4.69, 9.17) is 4.52 Å². The maximum atomic E-state index is 12.2. The topological polar surface area (TPSA) is 135 Å². The van der Waals surface area contributed by atoms with Crippen molar-refractivity contribution in [2.75, 3.05) is 5.32 Å². The minimum Gasteiger partial charge on any atom is -0.337 e. The molecule has 11 heteroatoms. The van der Waals surface area contributed by atoms with E-state index < -0.39 is 6.04 Å². The Balaban J connectivity index is 1.72. The molecule has 0 radical (unpaired) electrons. The lowest BCUT2D eigenvalue weighted by atomic mass is 10.0. The fraction of sp³-hybridized carbons (Fsp3) is 0.429. The van der Waals surface area contributed by atoms with Crippen molar-refractivity contribution in [3.05, 3.63) is 23.3 Å². The number of hydrogen-bond donors (Lipinski definition) is 3. The normalized spacial score (nSPS) is 12.3. The number of thiazole rings is 1. The molecule has 1 atom stereocenters. The minimum atomic E-state index is -0.426. The van der Waals surface area contributed by atoms with Crippen LogP contribution in [0.3, 0.4) is 0 Å². The lowest BCUT2D eigenvalue weighted by Crippen LogP contribution is -2.33. The fourth-order valence-electron chi connectivity index (χ4n) is 2.18. The zero-order valence-corrected chi connectivity index (χ0v) is 14.8. The van der Waals surface area contributed by atoms with Gasteiger partial charge in [0, 0.05) is 5.38 Å². The van der Waals surface area contributed by atoms with Crippen LogP contribution in [-0.2, 0) is 0 Å². The molecule has 3 aromatic rings. The lowest BCUT2D eigenvalue weighted by molar-refractivity contribution is 0.240. The van der Waals surface area contributed by atoms with Crippen LogP contribution in [0, 0.1) is 12.8 Å². The van der Waals surface area contributed by atoms with Gasteiger partial charge in [-0.05, 0) is 19.3 Å².